The maximum absolute atomic E-state index is 10.5. The average Bonchev–Trinajstić information content (AvgIpc) is 1.96. The minimum Gasteiger partial charge on any atom is -0.480 e. The van der Waals surface area contributed by atoms with E-state index in [0.717, 1.165) is 12.8 Å². The number of hydrogen-bond acceptors (Lipinski definition) is 2. The van der Waals surface area contributed by atoms with Gasteiger partial charge in [0.2, 0.25) is 0 Å². The Bertz CT molecular complexity index is 184. The highest BCUT2D eigenvalue weighted by molar-refractivity contribution is 5.72. The molecule has 84 valence electrons. The molecule has 14 heavy (non-hydrogen) atoms. The van der Waals surface area contributed by atoms with E-state index in [0.29, 0.717) is 17.8 Å². The number of hydrogen-bond donors (Lipinski definition) is 2. The third kappa shape index (κ3) is 6.89. The zero-order chi connectivity index (χ0) is 11.4. The summed E-state index contributed by atoms with van der Waals surface area (Å²) in [6, 6.07) is -0.697. The Morgan fingerprint density at radius 1 is 1.36 bits per heavy atom. The van der Waals surface area contributed by atoms with Gasteiger partial charge in [-0.2, -0.15) is 0 Å². The highest BCUT2D eigenvalue weighted by Crippen LogP contribution is 2.26. The van der Waals surface area contributed by atoms with Gasteiger partial charge in [0, 0.05) is 0 Å². The van der Waals surface area contributed by atoms with E-state index in [2.05, 4.69) is 27.7 Å². The molecule has 0 unspecified atom stereocenters. The van der Waals surface area contributed by atoms with Gasteiger partial charge >= 0.3 is 5.97 Å². The second-order valence-electron chi connectivity index (χ2n) is 5.39. The van der Waals surface area contributed by atoms with Crippen LogP contribution in [0.25, 0.3) is 0 Å². The fourth-order valence-electron chi connectivity index (χ4n) is 1.73. The number of carbonyl (C=O) groups is 1. The third-order valence-corrected chi connectivity index (χ3v) is 2.25. The first-order valence-electron chi connectivity index (χ1n) is 5.21. The SMILES string of the molecule is C[C@@H](CC[C@H](N)C(=O)O)CC(C)(C)C. The summed E-state index contributed by atoms with van der Waals surface area (Å²) in [5.74, 6) is -0.353. The Morgan fingerprint density at radius 2 is 1.86 bits per heavy atom. The minimum atomic E-state index is -0.895. The standard InChI is InChI=1S/C11H23NO2/c1-8(7-11(2,3)4)5-6-9(12)10(13)14/h8-9H,5-7,12H2,1-4H3,(H,13,14)/t8-,9-/m0/s1. The van der Waals surface area contributed by atoms with Gasteiger partial charge in [0.15, 0.2) is 0 Å². The molecule has 0 aromatic rings. The van der Waals surface area contributed by atoms with E-state index in [1.807, 2.05) is 0 Å². The summed E-state index contributed by atoms with van der Waals surface area (Å²) in [7, 11) is 0. The minimum absolute atomic E-state index is 0.312. The van der Waals surface area contributed by atoms with Gasteiger partial charge in [-0.15, -0.1) is 0 Å². The summed E-state index contributed by atoms with van der Waals surface area (Å²) in [4.78, 5) is 10.5. The zero-order valence-electron chi connectivity index (χ0n) is 9.71. The van der Waals surface area contributed by atoms with Crippen molar-refractivity contribution >= 4 is 5.97 Å². The van der Waals surface area contributed by atoms with E-state index < -0.39 is 12.0 Å². The second-order valence-corrected chi connectivity index (χ2v) is 5.39. The van der Waals surface area contributed by atoms with Crippen LogP contribution in [-0.4, -0.2) is 17.1 Å². The van der Waals surface area contributed by atoms with Crippen LogP contribution in [0.4, 0.5) is 0 Å². The molecule has 0 rings (SSSR count). The van der Waals surface area contributed by atoms with Crippen molar-refractivity contribution in [3.63, 3.8) is 0 Å². The van der Waals surface area contributed by atoms with Gasteiger partial charge in [-0.1, -0.05) is 27.7 Å². The lowest BCUT2D eigenvalue weighted by atomic mass is 9.83. The van der Waals surface area contributed by atoms with Gasteiger partial charge < -0.3 is 10.8 Å². The molecule has 0 spiro atoms. The quantitative estimate of drug-likeness (QED) is 0.717. The normalized spacial score (nSPS) is 16.4. The maximum atomic E-state index is 10.5. The molecule has 3 nitrogen and oxygen atoms in total. The van der Waals surface area contributed by atoms with Crippen molar-refractivity contribution < 1.29 is 9.90 Å². The van der Waals surface area contributed by atoms with Crippen molar-refractivity contribution in [2.75, 3.05) is 0 Å². The average molecular weight is 201 g/mol. The van der Waals surface area contributed by atoms with E-state index in [9.17, 15) is 4.79 Å². The molecule has 0 bridgehead atoms. The Balaban J connectivity index is 3.74. The molecule has 0 saturated carbocycles. The molecular weight excluding hydrogens is 178 g/mol. The van der Waals surface area contributed by atoms with Crippen LogP contribution in [0, 0.1) is 11.3 Å². The molecule has 0 fully saturated rings. The predicted molar refractivity (Wildman–Crippen MR) is 58.1 cm³/mol. The first kappa shape index (κ1) is 13.4. The molecule has 0 aliphatic rings. The lowest BCUT2D eigenvalue weighted by Gasteiger charge is -2.23. The summed E-state index contributed by atoms with van der Waals surface area (Å²) in [5.41, 5.74) is 5.74. The molecule has 0 aliphatic carbocycles. The molecule has 3 heteroatoms. The maximum Gasteiger partial charge on any atom is 0.320 e. The molecule has 0 heterocycles. The van der Waals surface area contributed by atoms with Crippen LogP contribution in [-0.2, 0) is 4.79 Å². The summed E-state index contributed by atoms with van der Waals surface area (Å²) in [5, 5.41) is 8.60. The summed E-state index contributed by atoms with van der Waals surface area (Å²) in [6.07, 6.45) is 2.58. The largest absolute Gasteiger partial charge is 0.480 e. The molecule has 2 atom stereocenters. The van der Waals surface area contributed by atoms with Gasteiger partial charge in [0.05, 0.1) is 0 Å². The van der Waals surface area contributed by atoms with Crippen LogP contribution in [0.1, 0.15) is 47.0 Å². The van der Waals surface area contributed by atoms with Crippen LogP contribution in [0.5, 0.6) is 0 Å². The first-order valence-corrected chi connectivity index (χ1v) is 5.21. The van der Waals surface area contributed by atoms with E-state index in [1.54, 1.807) is 0 Å². The van der Waals surface area contributed by atoms with Gasteiger partial charge in [0.1, 0.15) is 6.04 Å². The predicted octanol–water partition coefficient (Wildman–Crippen LogP) is 2.25. The van der Waals surface area contributed by atoms with E-state index in [4.69, 9.17) is 10.8 Å². The molecule has 3 N–H and O–H groups in total. The van der Waals surface area contributed by atoms with Crippen LogP contribution in [0.3, 0.4) is 0 Å². The van der Waals surface area contributed by atoms with Crippen molar-refractivity contribution in [3.05, 3.63) is 0 Å². The van der Waals surface area contributed by atoms with Crippen LogP contribution in [0.2, 0.25) is 0 Å². The van der Waals surface area contributed by atoms with Crippen molar-refractivity contribution in [2.24, 2.45) is 17.1 Å². The van der Waals surface area contributed by atoms with Crippen LogP contribution < -0.4 is 5.73 Å². The molecule has 0 aliphatic heterocycles. The van der Waals surface area contributed by atoms with E-state index in [-0.39, 0.29) is 0 Å². The molecule has 0 aromatic heterocycles. The Hall–Kier alpha value is -0.570. The fraction of sp³-hybridized carbons (Fsp3) is 0.909. The van der Waals surface area contributed by atoms with Crippen LogP contribution in [0.15, 0.2) is 0 Å². The zero-order valence-corrected chi connectivity index (χ0v) is 9.71. The lowest BCUT2D eigenvalue weighted by molar-refractivity contribution is -0.138. The van der Waals surface area contributed by atoms with E-state index in [1.165, 1.54) is 0 Å². The smallest absolute Gasteiger partial charge is 0.320 e. The van der Waals surface area contributed by atoms with Gasteiger partial charge in [-0.25, -0.2) is 0 Å². The number of aliphatic carboxylic acids is 1. The van der Waals surface area contributed by atoms with Gasteiger partial charge in [-0.05, 0) is 30.6 Å². The Labute approximate surface area is 86.7 Å². The van der Waals surface area contributed by atoms with E-state index >= 15 is 0 Å². The molecule has 0 saturated heterocycles. The highest BCUT2D eigenvalue weighted by Gasteiger charge is 2.17. The molecular formula is C11H23NO2. The van der Waals surface area contributed by atoms with Gasteiger partial charge in [0.25, 0.3) is 0 Å². The number of rotatable bonds is 5. The second kappa shape index (κ2) is 5.35. The third-order valence-electron chi connectivity index (χ3n) is 2.25. The Morgan fingerprint density at radius 3 is 2.21 bits per heavy atom. The number of nitrogens with two attached hydrogens (primary N) is 1. The van der Waals surface area contributed by atoms with Gasteiger partial charge in [-0.3, -0.25) is 4.79 Å². The van der Waals surface area contributed by atoms with Crippen molar-refractivity contribution in [1.29, 1.82) is 0 Å². The first-order chi connectivity index (χ1) is 6.22. The number of carboxylic acid groups (broad SMARTS) is 1. The van der Waals surface area contributed by atoms with Crippen molar-refractivity contribution in [1.82, 2.24) is 0 Å². The topological polar surface area (TPSA) is 63.3 Å². The molecule has 0 amide bonds. The summed E-state index contributed by atoms with van der Waals surface area (Å²) in [6.45, 7) is 8.74. The van der Waals surface area contributed by atoms with Crippen LogP contribution >= 0.6 is 0 Å². The fourth-order valence-corrected chi connectivity index (χ4v) is 1.73. The number of carboxylic acids is 1. The summed E-state index contributed by atoms with van der Waals surface area (Å²) >= 11 is 0. The summed E-state index contributed by atoms with van der Waals surface area (Å²) < 4.78 is 0. The highest BCUT2D eigenvalue weighted by atomic mass is 16.4. The van der Waals surface area contributed by atoms with Crippen molar-refractivity contribution in [2.45, 2.75) is 53.0 Å². The Kier molecular flexibility index (Phi) is 5.13. The molecule has 0 aromatic carbocycles. The monoisotopic (exact) mass is 201 g/mol. The molecule has 0 radical (unpaired) electrons. The van der Waals surface area contributed by atoms with Crippen molar-refractivity contribution in [3.8, 4) is 0 Å². The lowest BCUT2D eigenvalue weighted by Crippen LogP contribution is -2.30.